The van der Waals surface area contributed by atoms with Crippen molar-refractivity contribution in [2.45, 2.75) is 18.8 Å². The first-order chi connectivity index (χ1) is 15.4. The number of fused-ring (bicyclic) bond motifs is 1. The number of amides is 1. The number of carbonyl (C=O) groups is 1. The van der Waals surface area contributed by atoms with Crippen LogP contribution in [0.3, 0.4) is 0 Å². The van der Waals surface area contributed by atoms with E-state index in [1.807, 2.05) is 0 Å². The Balaban J connectivity index is 1.54. The van der Waals surface area contributed by atoms with Gasteiger partial charge in [0.15, 0.2) is 11.6 Å². The number of nitrogens with zero attached hydrogens (tertiary/aromatic N) is 5. The number of H-pyrrole nitrogens is 1. The lowest BCUT2D eigenvalue weighted by Gasteiger charge is -2.29. The highest BCUT2D eigenvalue weighted by atomic mass is 19.2. The van der Waals surface area contributed by atoms with Gasteiger partial charge in [-0.2, -0.15) is 10.1 Å². The van der Waals surface area contributed by atoms with Crippen LogP contribution < -0.4 is 5.56 Å². The molecule has 0 aliphatic carbocycles. The highest BCUT2D eigenvalue weighted by Gasteiger charge is 2.25. The third kappa shape index (κ3) is 3.33. The van der Waals surface area contributed by atoms with Gasteiger partial charge >= 0.3 is 0 Å². The molecule has 0 spiro atoms. The van der Waals surface area contributed by atoms with E-state index >= 15 is 0 Å². The fraction of sp³-hybridized carbons (Fsp3) is 0.250. The average molecular weight is 444 g/mol. The molecule has 4 heterocycles. The normalized spacial score (nSPS) is 14.9. The van der Waals surface area contributed by atoms with Crippen LogP contribution in [0.1, 0.15) is 24.5 Å². The summed E-state index contributed by atoms with van der Waals surface area (Å²) in [4.78, 5) is 31.7. The zero-order chi connectivity index (χ0) is 22.4. The number of aromatic amines is 1. The number of aromatic nitrogens is 5. The molecular weight excluding hydrogens is 429 g/mol. The summed E-state index contributed by atoms with van der Waals surface area (Å²) in [5.74, 6) is -3.98. The molecule has 0 radical (unpaired) electrons. The van der Waals surface area contributed by atoms with Crippen LogP contribution in [0.5, 0.6) is 0 Å². The topological polar surface area (TPSA) is 109 Å². The summed E-state index contributed by atoms with van der Waals surface area (Å²) in [6, 6.07) is 2.50. The number of likely N-dealkylation sites (tertiary alicyclic amines) is 1. The van der Waals surface area contributed by atoms with Gasteiger partial charge in [0.05, 0.1) is 17.5 Å². The highest BCUT2D eigenvalue weighted by Crippen LogP contribution is 2.30. The van der Waals surface area contributed by atoms with Crippen molar-refractivity contribution in [2.75, 3.05) is 13.1 Å². The number of piperidine rings is 1. The summed E-state index contributed by atoms with van der Waals surface area (Å²) >= 11 is 0. The number of carbonyl (C=O) groups excluding carboxylic acids is 1. The van der Waals surface area contributed by atoms with E-state index in [0.29, 0.717) is 49.4 Å². The van der Waals surface area contributed by atoms with Crippen molar-refractivity contribution in [3.8, 4) is 22.8 Å². The molecule has 1 aliphatic rings. The maximum atomic E-state index is 14.1. The summed E-state index contributed by atoms with van der Waals surface area (Å²) < 4.78 is 47.6. The van der Waals surface area contributed by atoms with Crippen LogP contribution in [0.15, 0.2) is 33.7 Å². The molecule has 0 atom stereocenters. The average Bonchev–Trinajstić information content (AvgIpc) is 3.43. The van der Waals surface area contributed by atoms with Crippen molar-refractivity contribution in [2.24, 2.45) is 0 Å². The molecule has 1 saturated heterocycles. The van der Waals surface area contributed by atoms with E-state index in [2.05, 4.69) is 20.2 Å². The van der Waals surface area contributed by atoms with Crippen LogP contribution in [0.4, 0.5) is 13.2 Å². The van der Waals surface area contributed by atoms with Gasteiger partial charge in [-0.15, -0.1) is 0 Å². The van der Waals surface area contributed by atoms with Crippen molar-refractivity contribution in [3.05, 3.63) is 57.9 Å². The van der Waals surface area contributed by atoms with Crippen molar-refractivity contribution < 1.29 is 22.5 Å². The van der Waals surface area contributed by atoms with Crippen molar-refractivity contribution >= 4 is 12.1 Å². The maximum Gasteiger partial charge on any atom is 0.263 e. The van der Waals surface area contributed by atoms with E-state index < -0.39 is 17.5 Å². The van der Waals surface area contributed by atoms with Crippen LogP contribution in [0.25, 0.3) is 28.5 Å². The van der Waals surface area contributed by atoms with Gasteiger partial charge in [0.1, 0.15) is 17.0 Å². The minimum Gasteiger partial charge on any atom is -0.345 e. The Morgan fingerprint density at radius 3 is 2.56 bits per heavy atom. The third-order valence-electron chi connectivity index (χ3n) is 5.54. The van der Waals surface area contributed by atoms with E-state index in [1.54, 1.807) is 9.42 Å². The smallest absolute Gasteiger partial charge is 0.263 e. The summed E-state index contributed by atoms with van der Waals surface area (Å²) in [5, 5.41) is 7.98. The van der Waals surface area contributed by atoms with Crippen LogP contribution >= 0.6 is 0 Å². The third-order valence-corrected chi connectivity index (χ3v) is 5.54. The summed E-state index contributed by atoms with van der Waals surface area (Å²) in [6.45, 7) is 1.15. The summed E-state index contributed by atoms with van der Waals surface area (Å²) in [7, 11) is 0. The number of nitrogens with one attached hydrogen (secondary N) is 1. The molecule has 164 valence electrons. The fourth-order valence-electron chi connectivity index (χ4n) is 3.90. The second kappa shape index (κ2) is 7.62. The minimum atomic E-state index is -1.33. The second-order valence-corrected chi connectivity index (χ2v) is 7.46. The Morgan fingerprint density at radius 1 is 1.06 bits per heavy atom. The predicted octanol–water partition coefficient (Wildman–Crippen LogP) is 2.49. The summed E-state index contributed by atoms with van der Waals surface area (Å²) in [5.41, 5.74) is 0.527. The van der Waals surface area contributed by atoms with Crippen LogP contribution in [-0.2, 0) is 4.79 Å². The number of benzene rings is 1. The lowest BCUT2D eigenvalue weighted by atomic mass is 9.93. The van der Waals surface area contributed by atoms with Gasteiger partial charge in [0, 0.05) is 31.1 Å². The lowest BCUT2D eigenvalue weighted by Crippen LogP contribution is -2.32. The Morgan fingerprint density at radius 2 is 1.81 bits per heavy atom. The molecule has 12 heteroatoms. The molecule has 1 aliphatic heterocycles. The first-order valence-corrected chi connectivity index (χ1v) is 9.74. The Hall–Kier alpha value is -3.96. The van der Waals surface area contributed by atoms with Crippen molar-refractivity contribution in [1.82, 2.24) is 29.6 Å². The molecule has 0 saturated carbocycles. The van der Waals surface area contributed by atoms with Crippen LogP contribution in [-0.4, -0.2) is 49.1 Å². The molecule has 1 amide bonds. The van der Waals surface area contributed by atoms with Crippen molar-refractivity contribution in [3.63, 3.8) is 0 Å². The maximum absolute atomic E-state index is 14.1. The monoisotopic (exact) mass is 444 g/mol. The Labute approximate surface area is 177 Å². The molecule has 4 aromatic rings. The quantitative estimate of drug-likeness (QED) is 0.383. The first-order valence-electron chi connectivity index (χ1n) is 9.74. The van der Waals surface area contributed by atoms with Gasteiger partial charge in [-0.25, -0.2) is 17.7 Å². The largest absolute Gasteiger partial charge is 0.345 e. The molecule has 0 bridgehead atoms. The van der Waals surface area contributed by atoms with Gasteiger partial charge in [-0.1, -0.05) is 5.16 Å². The number of hydrogen-bond acceptors (Lipinski definition) is 6. The fourth-order valence-corrected chi connectivity index (χ4v) is 3.90. The Kier molecular flexibility index (Phi) is 4.76. The summed E-state index contributed by atoms with van der Waals surface area (Å²) in [6.07, 6.45) is 3.56. The van der Waals surface area contributed by atoms with Gasteiger partial charge in [0.25, 0.3) is 11.4 Å². The van der Waals surface area contributed by atoms with Crippen molar-refractivity contribution in [1.29, 1.82) is 0 Å². The van der Waals surface area contributed by atoms with Gasteiger partial charge in [-0.3, -0.25) is 9.59 Å². The predicted molar refractivity (Wildman–Crippen MR) is 104 cm³/mol. The van der Waals surface area contributed by atoms with Gasteiger partial charge in [-0.05, 0) is 18.9 Å². The molecule has 1 N–H and O–H groups in total. The van der Waals surface area contributed by atoms with E-state index in [-0.39, 0.29) is 34.3 Å². The molecule has 5 rings (SSSR count). The van der Waals surface area contributed by atoms with Gasteiger partial charge < -0.3 is 14.4 Å². The van der Waals surface area contributed by atoms with Crippen LogP contribution in [0.2, 0.25) is 0 Å². The van der Waals surface area contributed by atoms with E-state index in [4.69, 9.17) is 4.52 Å². The standard InChI is InChI=1S/C20H15F3N6O3/c21-13-6-15(23)14(22)5-11(13)18-26-20(32-27-18)12-8-24-29-16(7-17(31)25-19(12)29)10-1-3-28(9-30)4-2-10/h5-10H,1-4H2,(H,25,31). The van der Waals surface area contributed by atoms with E-state index in [0.717, 1.165) is 6.41 Å². The zero-order valence-corrected chi connectivity index (χ0v) is 16.4. The first kappa shape index (κ1) is 20.0. The zero-order valence-electron chi connectivity index (χ0n) is 16.4. The second-order valence-electron chi connectivity index (χ2n) is 7.46. The number of hydrogen-bond donors (Lipinski definition) is 1. The highest BCUT2D eigenvalue weighted by molar-refractivity contribution is 5.72. The van der Waals surface area contributed by atoms with E-state index in [9.17, 15) is 22.8 Å². The lowest BCUT2D eigenvalue weighted by molar-refractivity contribution is -0.119. The minimum absolute atomic E-state index is 0.0123. The Bertz CT molecular complexity index is 1390. The molecular formula is C20H15F3N6O3. The van der Waals surface area contributed by atoms with E-state index in [1.165, 1.54) is 12.3 Å². The molecule has 1 fully saturated rings. The molecule has 9 nitrogen and oxygen atoms in total. The SMILES string of the molecule is O=CN1CCC(c2cc(=O)[nH]c3c(-c4nc(-c5cc(F)c(F)cc5F)no4)cnn23)CC1. The molecule has 3 aromatic heterocycles. The van der Waals surface area contributed by atoms with Crippen LogP contribution in [0, 0.1) is 17.5 Å². The molecule has 1 aromatic carbocycles. The number of rotatable bonds is 4. The van der Waals surface area contributed by atoms with Gasteiger partial charge in [0.2, 0.25) is 12.2 Å². The number of halogens is 3. The molecule has 0 unspecified atom stereocenters. The molecule has 32 heavy (non-hydrogen) atoms.